The van der Waals surface area contributed by atoms with Gasteiger partial charge in [0.2, 0.25) is 0 Å². The van der Waals surface area contributed by atoms with Gasteiger partial charge in [0.15, 0.2) is 11.6 Å². The number of nitrogens with zero attached hydrogens (tertiary/aromatic N) is 1. The number of nitrogens with one attached hydrogen (secondary N) is 1. The number of aromatic nitrogens is 1. The van der Waals surface area contributed by atoms with E-state index in [4.69, 9.17) is 4.74 Å². The van der Waals surface area contributed by atoms with Crippen molar-refractivity contribution in [2.45, 2.75) is 0 Å². The molecule has 2 rings (SSSR count). The Labute approximate surface area is 59.0 Å². The van der Waals surface area contributed by atoms with Gasteiger partial charge in [-0.2, -0.15) is 0 Å². The Morgan fingerprint density at radius 1 is 1.70 bits per heavy atom. The third-order valence-corrected chi connectivity index (χ3v) is 1.37. The smallest absolute Gasteiger partial charge is 0.168 e. The van der Waals surface area contributed by atoms with E-state index in [1.165, 1.54) is 0 Å². The molecule has 0 fully saturated rings. The van der Waals surface area contributed by atoms with Crippen LogP contribution >= 0.6 is 0 Å². The molecule has 0 atom stereocenters. The molecular formula is C7H7N2O. The van der Waals surface area contributed by atoms with Crippen LogP contribution in [-0.2, 0) is 0 Å². The molecule has 1 aromatic heterocycles. The Bertz CT molecular complexity index is 212. The SMILES string of the molecule is [c]1cnc2c(c1)OCCN2. The van der Waals surface area contributed by atoms with Gasteiger partial charge < -0.3 is 10.1 Å². The van der Waals surface area contributed by atoms with Crippen molar-refractivity contribution in [1.29, 1.82) is 0 Å². The Hall–Kier alpha value is -1.25. The van der Waals surface area contributed by atoms with Gasteiger partial charge in [0.25, 0.3) is 0 Å². The van der Waals surface area contributed by atoms with Crippen molar-refractivity contribution in [3.8, 4) is 5.75 Å². The number of pyridine rings is 1. The Kier molecular flexibility index (Phi) is 1.20. The molecule has 0 saturated carbocycles. The van der Waals surface area contributed by atoms with Crippen LogP contribution in [0.4, 0.5) is 5.82 Å². The van der Waals surface area contributed by atoms with Crippen LogP contribution in [-0.4, -0.2) is 18.1 Å². The van der Waals surface area contributed by atoms with Crippen LogP contribution in [0.2, 0.25) is 0 Å². The summed E-state index contributed by atoms with van der Waals surface area (Å²) in [4.78, 5) is 4.03. The summed E-state index contributed by atoms with van der Waals surface area (Å²) >= 11 is 0. The lowest BCUT2D eigenvalue weighted by atomic mass is 10.4. The van der Waals surface area contributed by atoms with Crippen molar-refractivity contribution in [2.24, 2.45) is 0 Å². The van der Waals surface area contributed by atoms with E-state index in [-0.39, 0.29) is 0 Å². The topological polar surface area (TPSA) is 34.1 Å². The van der Waals surface area contributed by atoms with Crippen LogP contribution in [0.5, 0.6) is 5.75 Å². The van der Waals surface area contributed by atoms with E-state index in [0.717, 1.165) is 18.1 Å². The van der Waals surface area contributed by atoms with Gasteiger partial charge >= 0.3 is 0 Å². The summed E-state index contributed by atoms with van der Waals surface area (Å²) in [6.07, 6.45) is 1.63. The fourth-order valence-corrected chi connectivity index (χ4v) is 0.920. The molecule has 3 nitrogen and oxygen atoms in total. The lowest BCUT2D eigenvalue weighted by molar-refractivity contribution is 0.321. The number of fused-ring (bicyclic) bond motifs is 1. The van der Waals surface area contributed by atoms with E-state index < -0.39 is 0 Å². The average Bonchev–Trinajstić information content (AvgIpc) is 2.05. The minimum Gasteiger partial charge on any atom is -0.488 e. The summed E-state index contributed by atoms with van der Waals surface area (Å²) in [7, 11) is 0. The largest absolute Gasteiger partial charge is 0.488 e. The molecule has 0 amide bonds. The van der Waals surface area contributed by atoms with E-state index in [1.807, 2.05) is 0 Å². The predicted molar refractivity (Wildman–Crippen MR) is 37.1 cm³/mol. The third kappa shape index (κ3) is 0.795. The summed E-state index contributed by atoms with van der Waals surface area (Å²) in [6, 6.07) is 4.63. The molecule has 0 bridgehead atoms. The summed E-state index contributed by atoms with van der Waals surface area (Å²) in [5, 5.41) is 3.11. The first-order chi connectivity index (χ1) is 4.97. The van der Waals surface area contributed by atoms with Gasteiger partial charge in [0, 0.05) is 12.3 Å². The molecule has 1 aromatic rings. The van der Waals surface area contributed by atoms with Crippen molar-refractivity contribution in [3.63, 3.8) is 0 Å². The number of hydrogen-bond acceptors (Lipinski definition) is 3. The maximum absolute atomic E-state index is 5.27. The monoisotopic (exact) mass is 135 g/mol. The van der Waals surface area contributed by atoms with Crippen LogP contribution in [0.25, 0.3) is 0 Å². The Morgan fingerprint density at radius 3 is 3.60 bits per heavy atom. The van der Waals surface area contributed by atoms with E-state index in [2.05, 4.69) is 16.4 Å². The normalized spacial score (nSPS) is 14.8. The maximum Gasteiger partial charge on any atom is 0.168 e. The molecule has 0 unspecified atom stereocenters. The first kappa shape index (κ1) is 5.53. The highest BCUT2D eigenvalue weighted by Crippen LogP contribution is 2.22. The molecule has 2 heterocycles. The zero-order chi connectivity index (χ0) is 6.81. The quantitative estimate of drug-likeness (QED) is 0.568. The van der Waals surface area contributed by atoms with Crippen LogP contribution in [0.1, 0.15) is 0 Å². The van der Waals surface area contributed by atoms with Gasteiger partial charge in [-0.05, 0) is 6.07 Å². The molecule has 0 aromatic carbocycles. The van der Waals surface area contributed by atoms with E-state index in [9.17, 15) is 0 Å². The molecule has 1 N–H and O–H groups in total. The highest BCUT2D eigenvalue weighted by atomic mass is 16.5. The van der Waals surface area contributed by atoms with Crippen LogP contribution in [0.15, 0.2) is 12.3 Å². The lowest BCUT2D eigenvalue weighted by Crippen LogP contribution is -2.18. The molecule has 3 heteroatoms. The van der Waals surface area contributed by atoms with Gasteiger partial charge in [-0.25, -0.2) is 4.98 Å². The second kappa shape index (κ2) is 2.17. The fraction of sp³-hybridized carbons (Fsp3) is 0.286. The second-order valence-corrected chi connectivity index (χ2v) is 2.06. The number of rotatable bonds is 0. The molecule has 51 valence electrons. The summed E-state index contributed by atoms with van der Waals surface area (Å²) in [5.41, 5.74) is 0. The molecule has 10 heavy (non-hydrogen) atoms. The van der Waals surface area contributed by atoms with E-state index in [1.54, 1.807) is 12.3 Å². The number of ether oxygens (including phenoxy) is 1. The minimum absolute atomic E-state index is 0.715. The summed E-state index contributed by atoms with van der Waals surface area (Å²) < 4.78 is 5.27. The number of anilines is 1. The highest BCUT2D eigenvalue weighted by molar-refractivity contribution is 5.50. The van der Waals surface area contributed by atoms with Crippen molar-refractivity contribution in [3.05, 3.63) is 18.3 Å². The maximum atomic E-state index is 5.27. The van der Waals surface area contributed by atoms with E-state index in [0.29, 0.717) is 6.61 Å². The van der Waals surface area contributed by atoms with Gasteiger partial charge in [0.1, 0.15) is 6.61 Å². The van der Waals surface area contributed by atoms with Crippen molar-refractivity contribution >= 4 is 5.82 Å². The molecule has 1 aliphatic rings. The first-order valence-corrected chi connectivity index (χ1v) is 3.19. The Morgan fingerprint density at radius 2 is 2.70 bits per heavy atom. The molecule has 1 radical (unpaired) electrons. The van der Waals surface area contributed by atoms with Gasteiger partial charge in [0.05, 0.1) is 6.54 Å². The Balaban J connectivity index is 2.41. The van der Waals surface area contributed by atoms with E-state index >= 15 is 0 Å². The molecule has 0 spiro atoms. The van der Waals surface area contributed by atoms with Crippen molar-refractivity contribution in [1.82, 2.24) is 4.98 Å². The summed E-state index contributed by atoms with van der Waals surface area (Å²) in [5.74, 6) is 1.62. The fourth-order valence-electron chi connectivity index (χ4n) is 0.920. The zero-order valence-corrected chi connectivity index (χ0v) is 5.42. The van der Waals surface area contributed by atoms with Crippen LogP contribution in [0.3, 0.4) is 0 Å². The van der Waals surface area contributed by atoms with Crippen LogP contribution < -0.4 is 10.1 Å². The van der Waals surface area contributed by atoms with Crippen LogP contribution in [0, 0.1) is 6.07 Å². The minimum atomic E-state index is 0.715. The molecular weight excluding hydrogens is 128 g/mol. The molecule has 0 aliphatic carbocycles. The first-order valence-electron chi connectivity index (χ1n) is 3.19. The average molecular weight is 135 g/mol. The number of hydrogen-bond donors (Lipinski definition) is 1. The van der Waals surface area contributed by atoms with Crippen molar-refractivity contribution < 1.29 is 4.74 Å². The standard InChI is InChI=1S/C7H7N2O/c1-2-6-7(8-3-1)9-4-5-10-6/h2-3H,4-5H2,(H,8,9). The molecule has 0 saturated heterocycles. The van der Waals surface area contributed by atoms with Gasteiger partial charge in [-0.1, -0.05) is 0 Å². The zero-order valence-electron chi connectivity index (χ0n) is 5.42. The van der Waals surface area contributed by atoms with Gasteiger partial charge in [-0.3, -0.25) is 0 Å². The van der Waals surface area contributed by atoms with Crippen molar-refractivity contribution in [2.75, 3.05) is 18.5 Å². The van der Waals surface area contributed by atoms with Gasteiger partial charge in [-0.15, -0.1) is 0 Å². The lowest BCUT2D eigenvalue weighted by Gasteiger charge is -2.16. The molecule has 1 aliphatic heterocycles. The summed E-state index contributed by atoms with van der Waals surface area (Å²) in [6.45, 7) is 1.55. The second-order valence-electron chi connectivity index (χ2n) is 2.06. The highest BCUT2D eigenvalue weighted by Gasteiger charge is 2.07. The third-order valence-electron chi connectivity index (χ3n) is 1.37. The predicted octanol–water partition coefficient (Wildman–Crippen LogP) is 0.686.